The van der Waals surface area contributed by atoms with E-state index in [1.807, 2.05) is 54.6 Å². The number of fused-ring (bicyclic) bond motifs is 1. The van der Waals surface area contributed by atoms with Gasteiger partial charge in [0.25, 0.3) is 5.91 Å². The molecule has 2 aromatic carbocycles. The highest BCUT2D eigenvalue weighted by Gasteiger charge is 2.29. The zero-order valence-corrected chi connectivity index (χ0v) is 17.6. The summed E-state index contributed by atoms with van der Waals surface area (Å²) in [6, 6.07) is 17.0. The standard InChI is InChI=1S/C21H18N4O3S2/c1-12-18(30-21(22-12)13-7-3-2-4-8-13)20(28)25-24-17(26)11-16-19(27)23-14-9-5-6-10-15(14)29-16/h2-10,16H,11H2,1H3,(H,23,27)(H,24,26)(H,25,28). The number of carbonyl (C=O) groups excluding carboxylic acids is 3. The molecule has 1 aliphatic rings. The van der Waals surface area contributed by atoms with Gasteiger partial charge in [-0.3, -0.25) is 25.2 Å². The fraction of sp³-hybridized carbons (Fsp3) is 0.143. The van der Waals surface area contributed by atoms with Crippen molar-refractivity contribution in [1.82, 2.24) is 15.8 Å². The second kappa shape index (κ2) is 8.68. The second-order valence-electron chi connectivity index (χ2n) is 6.60. The van der Waals surface area contributed by atoms with Crippen LogP contribution < -0.4 is 16.2 Å². The van der Waals surface area contributed by atoms with Crippen LogP contribution in [-0.4, -0.2) is 28.0 Å². The van der Waals surface area contributed by atoms with Gasteiger partial charge in [-0.2, -0.15) is 0 Å². The van der Waals surface area contributed by atoms with Crippen LogP contribution >= 0.6 is 23.1 Å². The van der Waals surface area contributed by atoms with Gasteiger partial charge in [0.05, 0.1) is 16.6 Å². The number of nitrogens with zero attached hydrogens (tertiary/aromatic N) is 1. The number of nitrogens with one attached hydrogen (secondary N) is 3. The van der Waals surface area contributed by atoms with Gasteiger partial charge in [-0.05, 0) is 19.1 Å². The maximum Gasteiger partial charge on any atom is 0.281 e. The van der Waals surface area contributed by atoms with Crippen molar-refractivity contribution in [3.63, 3.8) is 0 Å². The summed E-state index contributed by atoms with van der Waals surface area (Å²) in [4.78, 5) is 42.8. The maximum atomic E-state index is 12.5. The van der Waals surface area contributed by atoms with Gasteiger partial charge in [-0.1, -0.05) is 42.5 Å². The SMILES string of the molecule is Cc1nc(-c2ccccc2)sc1C(=O)NNC(=O)CC1Sc2ccccc2NC1=O. The summed E-state index contributed by atoms with van der Waals surface area (Å²) in [5.41, 5.74) is 7.07. The summed E-state index contributed by atoms with van der Waals surface area (Å²) < 4.78 is 0. The molecule has 0 aliphatic carbocycles. The second-order valence-corrected chi connectivity index (χ2v) is 8.84. The van der Waals surface area contributed by atoms with Crippen LogP contribution in [-0.2, 0) is 9.59 Å². The molecule has 0 spiro atoms. The van der Waals surface area contributed by atoms with E-state index in [-0.39, 0.29) is 12.3 Å². The molecule has 0 fully saturated rings. The van der Waals surface area contributed by atoms with Crippen molar-refractivity contribution in [3.8, 4) is 10.6 Å². The smallest absolute Gasteiger partial charge is 0.281 e. The number of hydrogen-bond acceptors (Lipinski definition) is 6. The number of anilines is 1. The van der Waals surface area contributed by atoms with E-state index >= 15 is 0 Å². The lowest BCUT2D eigenvalue weighted by Gasteiger charge is -2.23. The van der Waals surface area contributed by atoms with Gasteiger partial charge in [0.1, 0.15) is 9.88 Å². The number of benzene rings is 2. The minimum absolute atomic E-state index is 0.0535. The predicted molar refractivity (Wildman–Crippen MR) is 117 cm³/mol. The Labute approximate surface area is 181 Å². The number of para-hydroxylation sites is 1. The molecule has 3 aromatic rings. The largest absolute Gasteiger partial charge is 0.324 e. The summed E-state index contributed by atoms with van der Waals surface area (Å²) in [7, 11) is 0. The molecule has 3 N–H and O–H groups in total. The zero-order valence-electron chi connectivity index (χ0n) is 16.0. The molecule has 1 aliphatic heterocycles. The van der Waals surface area contributed by atoms with E-state index in [1.54, 1.807) is 6.92 Å². The summed E-state index contributed by atoms with van der Waals surface area (Å²) in [6.07, 6.45) is -0.0535. The highest BCUT2D eigenvalue weighted by Crippen LogP contribution is 2.36. The molecule has 2 heterocycles. The predicted octanol–water partition coefficient (Wildman–Crippen LogP) is 3.38. The van der Waals surface area contributed by atoms with Crippen molar-refractivity contribution in [2.45, 2.75) is 23.5 Å². The van der Waals surface area contributed by atoms with Gasteiger partial charge in [0.2, 0.25) is 11.8 Å². The van der Waals surface area contributed by atoms with Crippen molar-refractivity contribution in [1.29, 1.82) is 0 Å². The van der Waals surface area contributed by atoms with Crippen LogP contribution in [0.15, 0.2) is 59.5 Å². The average Bonchev–Trinajstić information content (AvgIpc) is 3.15. The molecular formula is C21H18N4O3S2. The molecule has 0 saturated carbocycles. The molecule has 1 atom stereocenters. The number of carbonyl (C=O) groups is 3. The molecule has 9 heteroatoms. The van der Waals surface area contributed by atoms with Gasteiger partial charge >= 0.3 is 0 Å². The highest BCUT2D eigenvalue weighted by molar-refractivity contribution is 8.01. The number of aryl methyl sites for hydroxylation is 1. The van der Waals surface area contributed by atoms with Crippen LogP contribution in [0.25, 0.3) is 10.6 Å². The zero-order chi connectivity index (χ0) is 21.1. The number of thioether (sulfide) groups is 1. The molecule has 4 rings (SSSR count). The topological polar surface area (TPSA) is 100 Å². The summed E-state index contributed by atoms with van der Waals surface area (Å²) in [5, 5.41) is 2.97. The first-order valence-electron chi connectivity index (χ1n) is 9.20. The summed E-state index contributed by atoms with van der Waals surface area (Å²) in [5.74, 6) is -1.11. The van der Waals surface area contributed by atoms with Crippen LogP contribution in [0.5, 0.6) is 0 Å². The third-order valence-corrected chi connectivity index (χ3v) is 6.90. The third kappa shape index (κ3) is 4.37. The number of thiazole rings is 1. The van der Waals surface area contributed by atoms with E-state index in [0.29, 0.717) is 10.6 Å². The van der Waals surface area contributed by atoms with Gasteiger partial charge in [-0.15, -0.1) is 23.1 Å². The van der Waals surface area contributed by atoms with E-state index in [1.165, 1.54) is 23.1 Å². The normalized spacial score (nSPS) is 15.1. The molecule has 0 radical (unpaired) electrons. The minimum atomic E-state index is -0.563. The molecule has 1 unspecified atom stereocenters. The fourth-order valence-corrected chi connectivity index (χ4v) is 5.02. The lowest BCUT2D eigenvalue weighted by molar-refractivity contribution is -0.124. The van der Waals surface area contributed by atoms with Crippen molar-refractivity contribution in [3.05, 3.63) is 65.2 Å². The Morgan fingerprint density at radius 3 is 2.60 bits per heavy atom. The van der Waals surface area contributed by atoms with Crippen LogP contribution in [0.3, 0.4) is 0 Å². The molecule has 0 saturated heterocycles. The Morgan fingerprint density at radius 1 is 1.07 bits per heavy atom. The van der Waals surface area contributed by atoms with E-state index in [0.717, 1.165) is 21.2 Å². The molecule has 0 bridgehead atoms. The number of hydrazine groups is 1. The average molecular weight is 439 g/mol. The van der Waals surface area contributed by atoms with Gasteiger partial charge in [0, 0.05) is 16.9 Å². The molecule has 152 valence electrons. The lowest BCUT2D eigenvalue weighted by Crippen LogP contribution is -2.44. The Morgan fingerprint density at radius 2 is 1.80 bits per heavy atom. The maximum absolute atomic E-state index is 12.5. The third-order valence-electron chi connectivity index (χ3n) is 4.42. The van der Waals surface area contributed by atoms with Crippen LogP contribution in [0.2, 0.25) is 0 Å². The minimum Gasteiger partial charge on any atom is -0.324 e. The summed E-state index contributed by atoms with van der Waals surface area (Å²) in [6.45, 7) is 1.75. The first kappa shape index (κ1) is 20.1. The van der Waals surface area contributed by atoms with Crippen molar-refractivity contribution in [2.24, 2.45) is 0 Å². The quantitative estimate of drug-likeness (QED) is 0.542. The number of amides is 3. The first-order valence-corrected chi connectivity index (χ1v) is 10.9. The Hall–Kier alpha value is -3.17. The van der Waals surface area contributed by atoms with E-state index in [2.05, 4.69) is 21.2 Å². The van der Waals surface area contributed by atoms with Crippen LogP contribution in [0, 0.1) is 6.92 Å². The van der Waals surface area contributed by atoms with Crippen molar-refractivity contribution < 1.29 is 14.4 Å². The lowest BCUT2D eigenvalue weighted by atomic mass is 10.2. The van der Waals surface area contributed by atoms with Crippen molar-refractivity contribution in [2.75, 3.05) is 5.32 Å². The fourth-order valence-electron chi connectivity index (χ4n) is 2.94. The van der Waals surface area contributed by atoms with Gasteiger partial charge in [0.15, 0.2) is 0 Å². The Bertz CT molecular complexity index is 1110. The number of aromatic nitrogens is 1. The molecular weight excluding hydrogens is 420 g/mol. The van der Waals surface area contributed by atoms with E-state index < -0.39 is 17.1 Å². The van der Waals surface area contributed by atoms with Crippen molar-refractivity contribution >= 4 is 46.5 Å². The molecule has 1 aromatic heterocycles. The molecule has 3 amide bonds. The highest BCUT2D eigenvalue weighted by atomic mass is 32.2. The van der Waals surface area contributed by atoms with Crippen LogP contribution in [0.4, 0.5) is 5.69 Å². The Kier molecular flexibility index (Phi) is 5.82. The van der Waals surface area contributed by atoms with E-state index in [9.17, 15) is 14.4 Å². The van der Waals surface area contributed by atoms with Gasteiger partial charge in [-0.25, -0.2) is 4.98 Å². The first-order chi connectivity index (χ1) is 14.5. The van der Waals surface area contributed by atoms with Crippen LogP contribution in [0.1, 0.15) is 21.8 Å². The number of hydrogen-bond donors (Lipinski definition) is 3. The van der Waals surface area contributed by atoms with E-state index in [4.69, 9.17) is 0 Å². The number of rotatable bonds is 4. The molecule has 7 nitrogen and oxygen atoms in total. The van der Waals surface area contributed by atoms with Gasteiger partial charge < -0.3 is 5.32 Å². The monoisotopic (exact) mass is 438 g/mol. The Balaban J connectivity index is 1.35. The summed E-state index contributed by atoms with van der Waals surface area (Å²) >= 11 is 2.59. The molecule has 30 heavy (non-hydrogen) atoms.